The maximum atomic E-state index is 11.8. The molecule has 1 unspecified atom stereocenters. The minimum Gasteiger partial charge on any atom is -0.482 e. The molecule has 1 aromatic carbocycles. The van der Waals surface area contributed by atoms with Gasteiger partial charge in [0.2, 0.25) is 0 Å². The van der Waals surface area contributed by atoms with E-state index in [1.54, 1.807) is 18.2 Å². The van der Waals surface area contributed by atoms with Gasteiger partial charge in [0.05, 0.1) is 5.69 Å². The molecule has 2 rings (SSSR count). The number of carbonyl (C=O) groups excluding carboxylic acids is 2. The van der Waals surface area contributed by atoms with Gasteiger partial charge in [-0.25, -0.2) is 0 Å². The van der Waals surface area contributed by atoms with Crippen LogP contribution in [0.5, 0.6) is 5.75 Å². The van der Waals surface area contributed by atoms with Gasteiger partial charge < -0.3 is 25.8 Å². The molecule has 102 valence electrons. The normalized spacial score (nSPS) is 14.9. The number of fused-ring (bicyclic) bond motifs is 1. The van der Waals surface area contributed by atoms with Crippen molar-refractivity contribution >= 4 is 23.2 Å². The minimum absolute atomic E-state index is 0.00235. The van der Waals surface area contributed by atoms with Crippen molar-refractivity contribution in [2.24, 2.45) is 5.73 Å². The van der Waals surface area contributed by atoms with E-state index in [9.17, 15) is 9.59 Å². The zero-order chi connectivity index (χ0) is 13.8. The number of nitrogens with one attached hydrogen (secondary N) is 2. The Labute approximate surface area is 110 Å². The number of nitrogens with two attached hydrogens (primary N) is 1. The summed E-state index contributed by atoms with van der Waals surface area (Å²) >= 11 is 0. The molecular weight excluding hydrogens is 250 g/mol. The van der Waals surface area contributed by atoms with E-state index < -0.39 is 6.10 Å². The van der Waals surface area contributed by atoms with E-state index >= 15 is 0 Å². The molecular formula is C12H15N3O4. The Bertz CT molecular complexity index is 500. The first kappa shape index (κ1) is 13.3. The molecule has 0 spiro atoms. The summed E-state index contributed by atoms with van der Waals surface area (Å²) in [6, 6.07) is 4.97. The zero-order valence-electron chi connectivity index (χ0n) is 10.4. The third-order valence-corrected chi connectivity index (χ3v) is 2.67. The Morgan fingerprint density at radius 2 is 2.42 bits per heavy atom. The van der Waals surface area contributed by atoms with Gasteiger partial charge in [-0.3, -0.25) is 9.59 Å². The molecule has 1 atom stereocenters. The second-order valence-corrected chi connectivity index (χ2v) is 4.00. The average Bonchev–Trinajstić information content (AvgIpc) is 2.39. The Morgan fingerprint density at radius 3 is 3.11 bits per heavy atom. The van der Waals surface area contributed by atoms with Crippen LogP contribution in [0.15, 0.2) is 18.2 Å². The second-order valence-electron chi connectivity index (χ2n) is 4.00. The predicted molar refractivity (Wildman–Crippen MR) is 69.0 cm³/mol. The predicted octanol–water partition coefficient (Wildman–Crippen LogP) is -0.0703. The fraction of sp³-hybridized carbons (Fsp3) is 0.333. The molecule has 0 saturated heterocycles. The summed E-state index contributed by atoms with van der Waals surface area (Å²) in [6.07, 6.45) is -0.707. The summed E-state index contributed by atoms with van der Waals surface area (Å²) < 4.78 is 10.1. The van der Waals surface area contributed by atoms with Crippen LogP contribution >= 0.6 is 0 Å². The quantitative estimate of drug-likeness (QED) is 0.707. The van der Waals surface area contributed by atoms with Crippen molar-refractivity contribution in [3.05, 3.63) is 18.2 Å². The van der Waals surface area contributed by atoms with E-state index in [0.29, 0.717) is 17.1 Å². The number of hydrogen-bond donors (Lipinski definition) is 3. The van der Waals surface area contributed by atoms with Gasteiger partial charge in [0.25, 0.3) is 11.8 Å². The monoisotopic (exact) mass is 265 g/mol. The van der Waals surface area contributed by atoms with E-state index in [1.165, 1.54) is 7.11 Å². The highest BCUT2D eigenvalue weighted by atomic mass is 16.5. The number of amides is 2. The molecule has 19 heavy (non-hydrogen) atoms. The van der Waals surface area contributed by atoms with E-state index in [1.807, 2.05) is 0 Å². The summed E-state index contributed by atoms with van der Waals surface area (Å²) in [6.45, 7) is 0.0880. The van der Waals surface area contributed by atoms with Crippen molar-refractivity contribution in [2.75, 3.05) is 30.9 Å². The van der Waals surface area contributed by atoms with Gasteiger partial charge in [0, 0.05) is 19.3 Å². The summed E-state index contributed by atoms with van der Waals surface area (Å²) in [4.78, 5) is 23.0. The smallest absolute Gasteiger partial charge is 0.262 e. The summed E-state index contributed by atoms with van der Waals surface area (Å²) in [5.74, 6) is 0.000391. The highest BCUT2D eigenvalue weighted by Crippen LogP contribution is 2.30. The lowest BCUT2D eigenvalue weighted by Crippen LogP contribution is -2.36. The van der Waals surface area contributed by atoms with Gasteiger partial charge in [0.1, 0.15) is 11.9 Å². The molecule has 0 aromatic heterocycles. The summed E-state index contributed by atoms with van der Waals surface area (Å²) in [5, 5.41) is 5.32. The van der Waals surface area contributed by atoms with Gasteiger partial charge in [-0.2, -0.15) is 0 Å². The Kier molecular flexibility index (Phi) is 3.98. The van der Waals surface area contributed by atoms with Gasteiger partial charge in [-0.15, -0.1) is 0 Å². The number of hydrogen-bond acceptors (Lipinski definition) is 5. The molecule has 1 aromatic rings. The van der Waals surface area contributed by atoms with Crippen LogP contribution in [0.4, 0.5) is 11.4 Å². The number of carbonyl (C=O) groups is 2. The van der Waals surface area contributed by atoms with Crippen molar-refractivity contribution in [2.45, 2.75) is 6.10 Å². The number of rotatable bonds is 4. The van der Waals surface area contributed by atoms with E-state index in [4.69, 9.17) is 15.2 Å². The fourth-order valence-corrected chi connectivity index (χ4v) is 1.69. The number of benzene rings is 1. The molecule has 0 radical (unpaired) electrons. The van der Waals surface area contributed by atoms with Gasteiger partial charge in [-0.1, -0.05) is 0 Å². The van der Waals surface area contributed by atoms with Crippen molar-refractivity contribution in [3.8, 4) is 5.75 Å². The van der Waals surface area contributed by atoms with Crippen LogP contribution in [0, 0.1) is 0 Å². The molecule has 2 amide bonds. The topological polar surface area (TPSA) is 103 Å². The van der Waals surface area contributed by atoms with Crippen LogP contribution in [-0.4, -0.2) is 38.2 Å². The molecule has 7 heteroatoms. The number of anilines is 2. The summed E-state index contributed by atoms with van der Waals surface area (Å²) in [7, 11) is 1.41. The summed E-state index contributed by atoms with van der Waals surface area (Å²) in [5.41, 5.74) is 6.46. The Morgan fingerprint density at radius 1 is 1.63 bits per heavy atom. The second kappa shape index (κ2) is 5.68. The van der Waals surface area contributed by atoms with Crippen molar-refractivity contribution in [3.63, 3.8) is 0 Å². The lowest BCUT2D eigenvalue weighted by atomic mass is 10.2. The molecule has 1 aliphatic rings. The van der Waals surface area contributed by atoms with Crippen LogP contribution in [0.1, 0.15) is 0 Å². The minimum atomic E-state index is -0.707. The van der Waals surface area contributed by atoms with Crippen LogP contribution in [0.2, 0.25) is 0 Å². The molecule has 0 fully saturated rings. The Hall–Kier alpha value is -2.12. The standard InChI is InChI=1S/C12H15N3O4/c1-18-10(5-13)12(17)14-7-2-3-9-8(4-7)15-11(16)6-19-9/h2-4,10H,5-6,13H2,1H3,(H,14,17)(H,15,16). The van der Waals surface area contributed by atoms with Crippen LogP contribution < -0.4 is 21.1 Å². The number of ether oxygens (including phenoxy) is 2. The lowest BCUT2D eigenvalue weighted by molar-refractivity contribution is -0.125. The SMILES string of the molecule is COC(CN)C(=O)Nc1ccc2c(c1)NC(=O)CO2. The highest BCUT2D eigenvalue weighted by Gasteiger charge is 2.19. The largest absolute Gasteiger partial charge is 0.482 e. The van der Waals surface area contributed by atoms with Gasteiger partial charge in [0.15, 0.2) is 6.61 Å². The van der Waals surface area contributed by atoms with Crippen molar-refractivity contribution < 1.29 is 19.1 Å². The van der Waals surface area contributed by atoms with Crippen molar-refractivity contribution in [1.82, 2.24) is 0 Å². The van der Waals surface area contributed by atoms with Gasteiger partial charge >= 0.3 is 0 Å². The molecule has 7 nitrogen and oxygen atoms in total. The first-order valence-electron chi connectivity index (χ1n) is 5.74. The first-order chi connectivity index (χ1) is 9.13. The zero-order valence-corrected chi connectivity index (χ0v) is 10.4. The Balaban J connectivity index is 2.12. The third kappa shape index (κ3) is 3.01. The fourth-order valence-electron chi connectivity index (χ4n) is 1.69. The molecule has 0 aliphatic carbocycles. The number of methoxy groups -OCH3 is 1. The highest BCUT2D eigenvalue weighted by molar-refractivity contribution is 5.98. The van der Waals surface area contributed by atoms with E-state index in [-0.39, 0.29) is 25.0 Å². The third-order valence-electron chi connectivity index (χ3n) is 2.67. The first-order valence-corrected chi connectivity index (χ1v) is 5.74. The molecule has 0 saturated carbocycles. The maximum Gasteiger partial charge on any atom is 0.262 e. The molecule has 4 N–H and O–H groups in total. The molecule has 1 heterocycles. The van der Waals surface area contributed by atoms with Gasteiger partial charge in [-0.05, 0) is 18.2 Å². The van der Waals surface area contributed by atoms with Crippen LogP contribution in [0.3, 0.4) is 0 Å². The molecule has 1 aliphatic heterocycles. The average molecular weight is 265 g/mol. The lowest BCUT2D eigenvalue weighted by Gasteiger charge is -2.19. The van der Waals surface area contributed by atoms with Crippen LogP contribution in [-0.2, 0) is 14.3 Å². The van der Waals surface area contributed by atoms with Crippen molar-refractivity contribution in [1.29, 1.82) is 0 Å². The maximum absolute atomic E-state index is 11.8. The van der Waals surface area contributed by atoms with E-state index in [0.717, 1.165) is 0 Å². The van der Waals surface area contributed by atoms with E-state index in [2.05, 4.69) is 10.6 Å². The molecule has 0 bridgehead atoms. The van der Waals surface area contributed by atoms with Crippen LogP contribution in [0.25, 0.3) is 0 Å².